The quantitative estimate of drug-likeness (QED) is 0.905. The molecule has 3 nitrogen and oxygen atoms in total. The normalized spacial score (nSPS) is 21.5. The third-order valence-corrected chi connectivity index (χ3v) is 3.93. The van der Waals surface area contributed by atoms with Gasteiger partial charge < -0.3 is 10.1 Å². The average Bonchev–Trinajstić information content (AvgIpc) is 3.07. The highest BCUT2D eigenvalue weighted by molar-refractivity contribution is 9.10. The van der Waals surface area contributed by atoms with Gasteiger partial charge in [-0.2, -0.15) is 0 Å². The van der Waals surface area contributed by atoms with Crippen molar-refractivity contribution in [3.8, 4) is 5.75 Å². The Balaban J connectivity index is 1.95. The van der Waals surface area contributed by atoms with Crippen LogP contribution >= 0.6 is 15.9 Å². The summed E-state index contributed by atoms with van der Waals surface area (Å²) in [5.74, 6) is 1.42. The van der Waals surface area contributed by atoms with Crippen molar-refractivity contribution < 1.29 is 9.53 Å². The van der Waals surface area contributed by atoms with Crippen LogP contribution in [0.25, 0.3) is 0 Å². The van der Waals surface area contributed by atoms with E-state index >= 15 is 0 Å². The van der Waals surface area contributed by atoms with Crippen molar-refractivity contribution in [2.75, 3.05) is 7.11 Å². The summed E-state index contributed by atoms with van der Waals surface area (Å²) in [6.07, 6.45) is 3.51. The minimum absolute atomic E-state index is 0.00181. The van der Waals surface area contributed by atoms with E-state index in [4.69, 9.17) is 4.74 Å². The van der Waals surface area contributed by atoms with Gasteiger partial charge >= 0.3 is 0 Å². The molecule has 0 radical (unpaired) electrons. The number of carbonyl (C=O) groups excluding carboxylic acids is 1. The first-order chi connectivity index (χ1) is 8.65. The predicted octanol–water partition coefficient (Wildman–Crippen LogP) is 3.38. The number of hydrogen-bond donors (Lipinski definition) is 1. The van der Waals surface area contributed by atoms with Crippen LogP contribution in [0.4, 0.5) is 0 Å². The van der Waals surface area contributed by atoms with Gasteiger partial charge in [0.25, 0.3) is 5.91 Å². The number of hydrogen-bond acceptors (Lipinski definition) is 2. The van der Waals surface area contributed by atoms with Crippen LogP contribution in [0.15, 0.2) is 22.7 Å². The van der Waals surface area contributed by atoms with Crippen LogP contribution in [-0.2, 0) is 0 Å². The molecule has 98 valence electrons. The molecule has 1 amide bonds. The second kappa shape index (κ2) is 5.74. The molecule has 0 spiro atoms. The van der Waals surface area contributed by atoms with Crippen LogP contribution in [0.2, 0.25) is 0 Å². The molecule has 2 atom stereocenters. The van der Waals surface area contributed by atoms with Gasteiger partial charge in [-0.1, -0.05) is 13.3 Å². The number of benzene rings is 1. The molecule has 0 aliphatic heterocycles. The van der Waals surface area contributed by atoms with E-state index < -0.39 is 0 Å². The van der Waals surface area contributed by atoms with Gasteiger partial charge in [0.1, 0.15) is 5.75 Å². The molecular weight excluding hydrogens is 294 g/mol. The van der Waals surface area contributed by atoms with Gasteiger partial charge in [0.15, 0.2) is 0 Å². The molecule has 0 heterocycles. The summed E-state index contributed by atoms with van der Waals surface area (Å²) in [7, 11) is 1.61. The summed E-state index contributed by atoms with van der Waals surface area (Å²) >= 11 is 3.39. The number of amides is 1. The van der Waals surface area contributed by atoms with Crippen molar-refractivity contribution in [2.45, 2.75) is 32.2 Å². The van der Waals surface area contributed by atoms with Crippen LogP contribution in [0.3, 0.4) is 0 Å². The van der Waals surface area contributed by atoms with E-state index in [1.165, 1.54) is 12.8 Å². The fourth-order valence-corrected chi connectivity index (χ4v) is 2.71. The zero-order valence-electron chi connectivity index (χ0n) is 10.7. The Morgan fingerprint density at radius 3 is 2.94 bits per heavy atom. The van der Waals surface area contributed by atoms with Crippen molar-refractivity contribution in [2.24, 2.45) is 5.92 Å². The van der Waals surface area contributed by atoms with Crippen LogP contribution in [0, 0.1) is 5.92 Å². The zero-order chi connectivity index (χ0) is 13.1. The van der Waals surface area contributed by atoms with Gasteiger partial charge in [-0.25, -0.2) is 0 Å². The summed E-state index contributed by atoms with van der Waals surface area (Å²) in [5.41, 5.74) is 0.671. The highest BCUT2D eigenvalue weighted by atomic mass is 79.9. The monoisotopic (exact) mass is 311 g/mol. The van der Waals surface area contributed by atoms with Gasteiger partial charge in [-0.15, -0.1) is 0 Å². The third-order valence-electron chi connectivity index (χ3n) is 3.31. The molecule has 1 fully saturated rings. The van der Waals surface area contributed by atoms with Gasteiger partial charge in [0.2, 0.25) is 0 Å². The molecule has 1 saturated carbocycles. The molecule has 1 aromatic rings. The standard InChI is InChI=1S/C14H18BrNO2/c1-3-4-9-8-12(9)16-14(17)10-5-6-13(18-2)11(15)7-10/h5-7,9,12H,3-4,8H2,1-2H3,(H,16,17). The molecule has 18 heavy (non-hydrogen) atoms. The number of rotatable bonds is 5. The average molecular weight is 312 g/mol. The third kappa shape index (κ3) is 3.05. The second-order valence-corrected chi connectivity index (χ2v) is 5.57. The summed E-state index contributed by atoms with van der Waals surface area (Å²) < 4.78 is 5.95. The highest BCUT2D eigenvalue weighted by Crippen LogP contribution is 2.35. The van der Waals surface area contributed by atoms with Crippen LogP contribution in [0.5, 0.6) is 5.75 Å². The van der Waals surface area contributed by atoms with Crippen molar-refractivity contribution in [3.63, 3.8) is 0 Å². The molecule has 1 aliphatic rings. The van der Waals surface area contributed by atoms with Crippen molar-refractivity contribution in [3.05, 3.63) is 28.2 Å². The first-order valence-electron chi connectivity index (χ1n) is 6.30. The fourth-order valence-electron chi connectivity index (χ4n) is 2.17. The van der Waals surface area contributed by atoms with E-state index in [1.807, 2.05) is 0 Å². The maximum Gasteiger partial charge on any atom is 0.251 e. The van der Waals surface area contributed by atoms with Gasteiger partial charge in [0.05, 0.1) is 11.6 Å². The topological polar surface area (TPSA) is 38.3 Å². The maximum absolute atomic E-state index is 12.0. The molecular formula is C14H18BrNO2. The lowest BCUT2D eigenvalue weighted by Crippen LogP contribution is -2.26. The number of ether oxygens (including phenoxy) is 1. The first kappa shape index (κ1) is 13.4. The Kier molecular flexibility index (Phi) is 4.27. The van der Waals surface area contributed by atoms with Crippen molar-refractivity contribution >= 4 is 21.8 Å². The lowest BCUT2D eigenvalue weighted by molar-refractivity contribution is 0.0948. The Labute approximate surface area is 116 Å². The molecule has 0 aromatic heterocycles. The highest BCUT2D eigenvalue weighted by Gasteiger charge is 2.37. The SMILES string of the molecule is CCCC1CC1NC(=O)c1ccc(OC)c(Br)c1. The molecule has 1 aliphatic carbocycles. The lowest BCUT2D eigenvalue weighted by Gasteiger charge is -2.07. The summed E-state index contributed by atoms with van der Waals surface area (Å²) in [5, 5.41) is 3.07. The minimum Gasteiger partial charge on any atom is -0.496 e. The van der Waals surface area contributed by atoms with E-state index in [0.717, 1.165) is 16.6 Å². The van der Waals surface area contributed by atoms with Crippen LogP contribution < -0.4 is 10.1 Å². The summed E-state index contributed by atoms with van der Waals surface area (Å²) in [6.45, 7) is 2.18. The Morgan fingerprint density at radius 2 is 2.33 bits per heavy atom. The van der Waals surface area contributed by atoms with Gasteiger partial charge in [0, 0.05) is 11.6 Å². The van der Waals surface area contributed by atoms with Crippen molar-refractivity contribution in [1.82, 2.24) is 5.32 Å². The second-order valence-electron chi connectivity index (χ2n) is 4.71. The molecule has 0 bridgehead atoms. The number of carbonyl (C=O) groups is 1. The Hall–Kier alpha value is -1.03. The molecule has 1 N–H and O–H groups in total. The molecule has 1 aromatic carbocycles. The van der Waals surface area contributed by atoms with Crippen molar-refractivity contribution in [1.29, 1.82) is 0 Å². The number of nitrogens with one attached hydrogen (secondary N) is 1. The van der Waals surface area contributed by atoms with Gasteiger partial charge in [-0.3, -0.25) is 4.79 Å². The maximum atomic E-state index is 12.0. The predicted molar refractivity (Wildman–Crippen MR) is 75.0 cm³/mol. The number of halogens is 1. The molecule has 2 unspecified atom stereocenters. The minimum atomic E-state index is 0.00181. The van der Waals surface area contributed by atoms with Crippen LogP contribution in [-0.4, -0.2) is 19.1 Å². The van der Waals surface area contributed by atoms with E-state index in [-0.39, 0.29) is 5.91 Å². The van der Waals surface area contributed by atoms with E-state index in [1.54, 1.807) is 25.3 Å². The van der Waals surface area contributed by atoms with E-state index in [0.29, 0.717) is 17.5 Å². The molecule has 0 saturated heterocycles. The summed E-state index contributed by atoms with van der Waals surface area (Å²) in [6, 6.07) is 5.76. The first-order valence-corrected chi connectivity index (χ1v) is 7.09. The van der Waals surface area contributed by atoms with E-state index in [2.05, 4.69) is 28.2 Å². The molecule has 4 heteroatoms. The largest absolute Gasteiger partial charge is 0.496 e. The smallest absolute Gasteiger partial charge is 0.251 e. The van der Waals surface area contributed by atoms with Crippen LogP contribution in [0.1, 0.15) is 36.5 Å². The fraction of sp³-hybridized carbons (Fsp3) is 0.500. The zero-order valence-corrected chi connectivity index (χ0v) is 12.3. The lowest BCUT2D eigenvalue weighted by atomic mass is 10.2. The Bertz CT molecular complexity index is 447. The summed E-state index contributed by atoms with van der Waals surface area (Å²) in [4.78, 5) is 12.0. The number of methoxy groups -OCH3 is 1. The molecule has 2 rings (SSSR count). The van der Waals surface area contributed by atoms with E-state index in [9.17, 15) is 4.79 Å². The van der Waals surface area contributed by atoms with Gasteiger partial charge in [-0.05, 0) is 52.9 Å². The Morgan fingerprint density at radius 1 is 1.56 bits per heavy atom.